The van der Waals surface area contributed by atoms with E-state index in [1.54, 1.807) is 12.0 Å². The van der Waals surface area contributed by atoms with Gasteiger partial charge in [0.05, 0.1) is 12.2 Å². The van der Waals surface area contributed by atoms with Crippen LogP contribution in [0, 0.1) is 11.3 Å². The van der Waals surface area contributed by atoms with Crippen molar-refractivity contribution in [3.8, 4) is 6.07 Å². The molecule has 1 saturated heterocycles. The number of ether oxygens (including phenoxy) is 1. The number of amides is 2. The second-order valence-corrected chi connectivity index (χ2v) is 8.15. The lowest BCUT2D eigenvalue weighted by atomic mass is 9.85. The minimum atomic E-state index is -0.604. The summed E-state index contributed by atoms with van der Waals surface area (Å²) in [5, 5.41) is 12.5. The number of hydrogen-bond donors (Lipinski definition) is 1. The van der Waals surface area contributed by atoms with Gasteiger partial charge < -0.3 is 19.9 Å². The summed E-state index contributed by atoms with van der Waals surface area (Å²) in [5.74, 6) is -0.0970. The lowest BCUT2D eigenvalue weighted by Crippen LogP contribution is -2.53. The highest BCUT2D eigenvalue weighted by Gasteiger charge is 2.30. The van der Waals surface area contributed by atoms with Gasteiger partial charge in [-0.3, -0.25) is 9.59 Å². The third-order valence-electron chi connectivity index (χ3n) is 5.84. The molecular formula is C22H31N5O3. The number of nitriles is 1. The Kier molecular flexibility index (Phi) is 7.27. The number of piperazine rings is 1. The standard InChI is InChI=1S/C22H31N5O3/c1-15(2)19-17-7-5-4-6-16(17)18(14-23)20(25-19)26-9-11-27(12-10-26)22(29)21(28)24-8-13-30-3/h15H,4-13H2,1-3H3,(H,24,28). The molecule has 0 atom stereocenters. The van der Waals surface area contributed by atoms with Gasteiger partial charge in [-0.15, -0.1) is 0 Å². The fourth-order valence-corrected chi connectivity index (χ4v) is 4.27. The Morgan fingerprint density at radius 1 is 1.17 bits per heavy atom. The van der Waals surface area contributed by atoms with E-state index in [0.29, 0.717) is 50.8 Å². The summed E-state index contributed by atoms with van der Waals surface area (Å²) in [7, 11) is 1.54. The predicted molar refractivity (Wildman–Crippen MR) is 113 cm³/mol. The Balaban J connectivity index is 1.75. The Hall–Kier alpha value is -2.66. The van der Waals surface area contributed by atoms with Gasteiger partial charge in [-0.1, -0.05) is 13.8 Å². The number of nitrogens with one attached hydrogen (secondary N) is 1. The van der Waals surface area contributed by atoms with Crippen LogP contribution in [0.15, 0.2) is 0 Å². The minimum Gasteiger partial charge on any atom is -0.383 e. The first-order valence-electron chi connectivity index (χ1n) is 10.7. The molecule has 2 amide bonds. The third kappa shape index (κ3) is 4.57. The summed E-state index contributed by atoms with van der Waals surface area (Å²) >= 11 is 0. The van der Waals surface area contributed by atoms with Crippen molar-refractivity contribution < 1.29 is 14.3 Å². The molecule has 8 nitrogen and oxygen atoms in total. The number of hydrogen-bond acceptors (Lipinski definition) is 6. The van der Waals surface area contributed by atoms with Gasteiger partial charge in [0.25, 0.3) is 0 Å². The molecule has 1 aromatic rings. The summed E-state index contributed by atoms with van der Waals surface area (Å²) in [5.41, 5.74) is 4.20. The van der Waals surface area contributed by atoms with Crippen molar-refractivity contribution in [2.75, 3.05) is 51.3 Å². The molecule has 1 fully saturated rings. The summed E-state index contributed by atoms with van der Waals surface area (Å²) < 4.78 is 4.89. The van der Waals surface area contributed by atoms with Gasteiger partial charge in [0.2, 0.25) is 0 Å². The van der Waals surface area contributed by atoms with Crippen LogP contribution >= 0.6 is 0 Å². The van der Waals surface area contributed by atoms with Crippen molar-refractivity contribution >= 4 is 17.6 Å². The Labute approximate surface area is 178 Å². The lowest BCUT2D eigenvalue weighted by Gasteiger charge is -2.36. The molecule has 30 heavy (non-hydrogen) atoms. The lowest BCUT2D eigenvalue weighted by molar-refractivity contribution is -0.146. The average Bonchev–Trinajstić information content (AvgIpc) is 2.77. The van der Waals surface area contributed by atoms with Crippen LogP contribution in [0.25, 0.3) is 0 Å². The molecule has 0 bridgehead atoms. The molecule has 0 unspecified atom stereocenters. The van der Waals surface area contributed by atoms with Crippen molar-refractivity contribution in [3.05, 3.63) is 22.4 Å². The van der Waals surface area contributed by atoms with E-state index in [0.717, 1.165) is 42.8 Å². The van der Waals surface area contributed by atoms with Crippen LogP contribution in [0.5, 0.6) is 0 Å². The first-order valence-corrected chi connectivity index (χ1v) is 10.7. The van der Waals surface area contributed by atoms with Gasteiger partial charge in [0.15, 0.2) is 0 Å². The van der Waals surface area contributed by atoms with Gasteiger partial charge >= 0.3 is 11.8 Å². The highest BCUT2D eigenvalue weighted by Crippen LogP contribution is 2.35. The summed E-state index contributed by atoms with van der Waals surface area (Å²) in [6.45, 7) is 6.92. The van der Waals surface area contributed by atoms with Crippen molar-refractivity contribution in [2.45, 2.75) is 45.4 Å². The smallest absolute Gasteiger partial charge is 0.312 e. The number of anilines is 1. The second-order valence-electron chi connectivity index (χ2n) is 8.15. The Morgan fingerprint density at radius 2 is 1.83 bits per heavy atom. The molecule has 0 radical (unpaired) electrons. The number of nitrogens with zero attached hydrogens (tertiary/aromatic N) is 4. The molecule has 0 spiro atoms. The molecule has 0 saturated carbocycles. The van der Waals surface area contributed by atoms with E-state index >= 15 is 0 Å². The van der Waals surface area contributed by atoms with E-state index in [9.17, 15) is 14.9 Å². The Bertz CT molecular complexity index is 838. The number of aromatic nitrogens is 1. The van der Waals surface area contributed by atoms with Gasteiger partial charge in [-0.2, -0.15) is 5.26 Å². The summed E-state index contributed by atoms with van der Waals surface area (Å²) in [6.07, 6.45) is 4.16. The maximum atomic E-state index is 12.4. The molecule has 0 aromatic carbocycles. The second kappa shape index (κ2) is 9.90. The van der Waals surface area contributed by atoms with Crippen LogP contribution in [0.3, 0.4) is 0 Å². The fraction of sp³-hybridized carbons (Fsp3) is 0.636. The number of carbonyl (C=O) groups excluding carboxylic acids is 2. The van der Waals surface area contributed by atoms with Crippen LogP contribution in [-0.4, -0.2) is 68.1 Å². The van der Waals surface area contributed by atoms with E-state index in [1.807, 2.05) is 0 Å². The highest BCUT2D eigenvalue weighted by atomic mass is 16.5. The minimum absolute atomic E-state index is 0.294. The average molecular weight is 414 g/mol. The van der Waals surface area contributed by atoms with Crippen molar-refractivity contribution in [1.29, 1.82) is 5.26 Å². The zero-order valence-electron chi connectivity index (χ0n) is 18.2. The number of fused-ring (bicyclic) bond motifs is 1. The van der Waals surface area contributed by atoms with Crippen molar-refractivity contribution in [1.82, 2.24) is 15.2 Å². The highest BCUT2D eigenvalue weighted by molar-refractivity contribution is 6.35. The topological polar surface area (TPSA) is 98.6 Å². The van der Waals surface area contributed by atoms with E-state index < -0.39 is 11.8 Å². The number of carbonyl (C=O) groups is 2. The van der Waals surface area contributed by atoms with Crippen molar-refractivity contribution in [2.24, 2.45) is 0 Å². The molecule has 3 rings (SSSR count). The van der Waals surface area contributed by atoms with Crippen molar-refractivity contribution in [3.63, 3.8) is 0 Å². The number of pyridine rings is 1. The molecule has 2 aliphatic rings. The number of methoxy groups -OCH3 is 1. The quantitative estimate of drug-likeness (QED) is 0.578. The molecule has 1 aliphatic carbocycles. The van der Waals surface area contributed by atoms with Gasteiger partial charge in [-0.05, 0) is 42.7 Å². The van der Waals surface area contributed by atoms with Crippen LogP contribution < -0.4 is 10.2 Å². The van der Waals surface area contributed by atoms with Crippen LogP contribution in [-0.2, 0) is 27.2 Å². The fourth-order valence-electron chi connectivity index (χ4n) is 4.27. The predicted octanol–water partition coefficient (Wildman–Crippen LogP) is 1.37. The molecule has 2 heterocycles. The third-order valence-corrected chi connectivity index (χ3v) is 5.84. The maximum Gasteiger partial charge on any atom is 0.312 e. The zero-order chi connectivity index (χ0) is 21.7. The molecule has 1 aromatic heterocycles. The first kappa shape index (κ1) is 22.0. The molecule has 1 aliphatic heterocycles. The van der Waals surface area contributed by atoms with E-state index in [4.69, 9.17) is 9.72 Å². The first-order chi connectivity index (χ1) is 14.5. The van der Waals surface area contributed by atoms with Crippen LogP contribution in [0.2, 0.25) is 0 Å². The molecular weight excluding hydrogens is 382 g/mol. The van der Waals surface area contributed by atoms with Crippen LogP contribution in [0.4, 0.5) is 5.82 Å². The molecule has 1 N–H and O–H groups in total. The summed E-state index contributed by atoms with van der Waals surface area (Å²) in [4.78, 5) is 33.0. The number of rotatable bonds is 5. The van der Waals surface area contributed by atoms with E-state index in [1.165, 1.54) is 5.56 Å². The van der Waals surface area contributed by atoms with Gasteiger partial charge in [0, 0.05) is 45.5 Å². The van der Waals surface area contributed by atoms with Crippen LogP contribution in [0.1, 0.15) is 55.0 Å². The van der Waals surface area contributed by atoms with Gasteiger partial charge in [-0.25, -0.2) is 4.98 Å². The van der Waals surface area contributed by atoms with E-state index in [-0.39, 0.29) is 0 Å². The maximum absolute atomic E-state index is 12.4. The molecule has 162 valence electrons. The monoisotopic (exact) mass is 413 g/mol. The Morgan fingerprint density at radius 3 is 2.43 bits per heavy atom. The summed E-state index contributed by atoms with van der Waals surface area (Å²) in [6, 6.07) is 2.41. The molecule has 8 heteroatoms. The van der Waals surface area contributed by atoms with E-state index in [2.05, 4.69) is 30.1 Å². The van der Waals surface area contributed by atoms with Gasteiger partial charge in [0.1, 0.15) is 11.9 Å². The SMILES string of the molecule is COCCNC(=O)C(=O)N1CCN(c2nc(C(C)C)c3c(c2C#N)CCCC3)CC1. The zero-order valence-corrected chi connectivity index (χ0v) is 18.2. The largest absolute Gasteiger partial charge is 0.383 e. The normalized spacial score (nSPS) is 16.2.